The van der Waals surface area contributed by atoms with E-state index in [1.807, 2.05) is 31.2 Å². The van der Waals surface area contributed by atoms with Gasteiger partial charge >= 0.3 is 6.03 Å². The van der Waals surface area contributed by atoms with Crippen molar-refractivity contribution in [3.8, 4) is 0 Å². The van der Waals surface area contributed by atoms with E-state index < -0.39 is 0 Å². The first-order chi connectivity index (χ1) is 8.63. The summed E-state index contributed by atoms with van der Waals surface area (Å²) in [6, 6.07) is 10.8. The van der Waals surface area contributed by atoms with Gasteiger partial charge in [0.1, 0.15) is 5.82 Å². The summed E-state index contributed by atoms with van der Waals surface area (Å²) in [5.74, 6) is 0.495. The second-order valence-corrected chi connectivity index (χ2v) is 4.72. The molecule has 0 saturated heterocycles. The number of aryl methyl sites for hydroxylation is 1. The summed E-state index contributed by atoms with van der Waals surface area (Å²) < 4.78 is 0.864. The maximum absolute atomic E-state index is 11.7. The molecule has 5 heteroatoms. The molecule has 0 aliphatic carbocycles. The molecular weight excluding hydrogens is 294 g/mol. The maximum Gasteiger partial charge on any atom is 0.324 e. The van der Waals surface area contributed by atoms with Crippen LogP contribution in [0.1, 0.15) is 5.56 Å². The number of hydrogen-bond donors (Lipinski definition) is 2. The van der Waals surface area contributed by atoms with Crippen LogP contribution in [0, 0.1) is 6.92 Å². The van der Waals surface area contributed by atoms with Crippen LogP contribution in [0.15, 0.2) is 47.1 Å². The zero-order chi connectivity index (χ0) is 13.0. The molecule has 1 heterocycles. The standard InChI is InChI=1S/C13H12BrN3O/c1-9-3-2-4-11(7-9)16-13(18)17-12-8-10(14)5-6-15-12/h2-8H,1H3,(H2,15,16,17,18). The average molecular weight is 306 g/mol. The van der Waals surface area contributed by atoms with Crippen molar-refractivity contribution in [3.05, 3.63) is 52.6 Å². The number of amides is 2. The molecule has 0 bridgehead atoms. The number of rotatable bonds is 2. The minimum atomic E-state index is -0.314. The van der Waals surface area contributed by atoms with Crippen LogP contribution < -0.4 is 10.6 Å². The van der Waals surface area contributed by atoms with Crippen LogP contribution in [0.5, 0.6) is 0 Å². The van der Waals surface area contributed by atoms with Gasteiger partial charge < -0.3 is 5.32 Å². The predicted octanol–water partition coefficient (Wildman–Crippen LogP) is 3.80. The van der Waals surface area contributed by atoms with E-state index in [2.05, 4.69) is 31.5 Å². The summed E-state index contributed by atoms with van der Waals surface area (Å²) in [6.45, 7) is 1.97. The molecule has 2 rings (SSSR count). The van der Waals surface area contributed by atoms with Gasteiger partial charge in [0, 0.05) is 16.4 Å². The van der Waals surface area contributed by atoms with Gasteiger partial charge in [-0.1, -0.05) is 28.1 Å². The highest BCUT2D eigenvalue weighted by Gasteiger charge is 2.03. The molecule has 0 fully saturated rings. The molecule has 4 nitrogen and oxygen atoms in total. The number of carbonyl (C=O) groups is 1. The van der Waals surface area contributed by atoms with E-state index in [1.54, 1.807) is 18.3 Å². The lowest BCUT2D eigenvalue weighted by atomic mass is 10.2. The number of nitrogens with one attached hydrogen (secondary N) is 2. The molecular formula is C13H12BrN3O. The summed E-state index contributed by atoms with van der Waals surface area (Å²) in [7, 11) is 0. The Hall–Kier alpha value is -1.88. The van der Waals surface area contributed by atoms with Crippen LogP contribution in [0.25, 0.3) is 0 Å². The van der Waals surface area contributed by atoms with E-state index in [1.165, 1.54) is 0 Å². The Morgan fingerprint density at radius 2 is 2.06 bits per heavy atom. The number of halogens is 1. The highest BCUT2D eigenvalue weighted by Crippen LogP contribution is 2.14. The molecule has 0 saturated carbocycles. The average Bonchev–Trinajstić information content (AvgIpc) is 2.28. The summed E-state index contributed by atoms with van der Waals surface area (Å²) in [4.78, 5) is 15.8. The largest absolute Gasteiger partial charge is 0.324 e. The van der Waals surface area contributed by atoms with Crippen LogP contribution in [-0.2, 0) is 0 Å². The molecule has 0 atom stereocenters. The van der Waals surface area contributed by atoms with E-state index in [0.29, 0.717) is 5.82 Å². The first-order valence-electron chi connectivity index (χ1n) is 5.40. The van der Waals surface area contributed by atoms with Crippen molar-refractivity contribution < 1.29 is 4.79 Å². The summed E-state index contributed by atoms with van der Waals surface area (Å²) in [6.07, 6.45) is 1.62. The van der Waals surface area contributed by atoms with Gasteiger partial charge in [0.2, 0.25) is 0 Å². The second-order valence-electron chi connectivity index (χ2n) is 3.81. The smallest absolute Gasteiger partial charge is 0.308 e. The zero-order valence-corrected chi connectivity index (χ0v) is 11.4. The molecule has 1 aromatic heterocycles. The summed E-state index contributed by atoms with van der Waals surface area (Å²) >= 11 is 3.32. The zero-order valence-electron chi connectivity index (χ0n) is 9.77. The normalized spacial score (nSPS) is 9.89. The predicted molar refractivity (Wildman–Crippen MR) is 75.8 cm³/mol. The lowest BCUT2D eigenvalue weighted by Crippen LogP contribution is -2.20. The molecule has 0 radical (unpaired) electrons. The highest BCUT2D eigenvalue weighted by atomic mass is 79.9. The lowest BCUT2D eigenvalue weighted by molar-refractivity contribution is 0.262. The van der Waals surface area contributed by atoms with Crippen LogP contribution >= 0.6 is 15.9 Å². The van der Waals surface area contributed by atoms with Gasteiger partial charge in [-0.3, -0.25) is 5.32 Å². The molecule has 2 amide bonds. The van der Waals surface area contributed by atoms with Crippen molar-refractivity contribution in [2.45, 2.75) is 6.92 Å². The monoisotopic (exact) mass is 305 g/mol. The third kappa shape index (κ3) is 3.56. The van der Waals surface area contributed by atoms with Crippen molar-refractivity contribution in [1.82, 2.24) is 4.98 Å². The van der Waals surface area contributed by atoms with Gasteiger partial charge in [0.15, 0.2) is 0 Å². The lowest BCUT2D eigenvalue weighted by Gasteiger charge is -2.07. The van der Waals surface area contributed by atoms with E-state index in [-0.39, 0.29) is 6.03 Å². The van der Waals surface area contributed by atoms with Gasteiger partial charge in [-0.25, -0.2) is 9.78 Å². The molecule has 0 aliphatic heterocycles. The number of carbonyl (C=O) groups excluding carboxylic acids is 1. The molecule has 0 aliphatic rings. The fourth-order valence-electron chi connectivity index (χ4n) is 1.47. The molecule has 92 valence electrons. The van der Waals surface area contributed by atoms with Crippen LogP contribution in [0.3, 0.4) is 0 Å². The molecule has 0 unspecified atom stereocenters. The molecule has 2 aromatic rings. The number of nitrogens with zero attached hydrogens (tertiary/aromatic N) is 1. The van der Waals surface area contributed by atoms with Crippen molar-refractivity contribution in [1.29, 1.82) is 0 Å². The number of hydrogen-bond acceptors (Lipinski definition) is 2. The Labute approximate surface area is 114 Å². The topological polar surface area (TPSA) is 54.0 Å². The molecule has 2 N–H and O–H groups in total. The summed E-state index contributed by atoms with van der Waals surface area (Å²) in [5, 5.41) is 5.40. The van der Waals surface area contributed by atoms with Crippen molar-refractivity contribution in [2.75, 3.05) is 10.6 Å². The first-order valence-corrected chi connectivity index (χ1v) is 6.19. The third-order valence-electron chi connectivity index (χ3n) is 2.24. The Morgan fingerprint density at radius 3 is 2.78 bits per heavy atom. The summed E-state index contributed by atoms with van der Waals surface area (Å²) in [5.41, 5.74) is 1.84. The Balaban J connectivity index is 2.01. The van der Waals surface area contributed by atoms with Crippen LogP contribution in [0.4, 0.5) is 16.3 Å². The number of anilines is 2. The number of aromatic nitrogens is 1. The molecule has 1 aromatic carbocycles. The van der Waals surface area contributed by atoms with Gasteiger partial charge in [-0.05, 0) is 36.8 Å². The quantitative estimate of drug-likeness (QED) is 0.886. The van der Waals surface area contributed by atoms with Gasteiger partial charge in [0.25, 0.3) is 0 Å². The Kier molecular flexibility index (Phi) is 3.94. The van der Waals surface area contributed by atoms with Crippen LogP contribution in [-0.4, -0.2) is 11.0 Å². The first kappa shape index (κ1) is 12.6. The van der Waals surface area contributed by atoms with Crippen LogP contribution in [0.2, 0.25) is 0 Å². The maximum atomic E-state index is 11.7. The minimum Gasteiger partial charge on any atom is -0.308 e. The van der Waals surface area contributed by atoms with E-state index >= 15 is 0 Å². The van der Waals surface area contributed by atoms with Gasteiger partial charge in [-0.2, -0.15) is 0 Å². The van der Waals surface area contributed by atoms with E-state index in [0.717, 1.165) is 15.7 Å². The van der Waals surface area contributed by atoms with E-state index in [9.17, 15) is 4.79 Å². The van der Waals surface area contributed by atoms with Crippen molar-refractivity contribution >= 4 is 33.5 Å². The van der Waals surface area contributed by atoms with Crippen molar-refractivity contribution in [3.63, 3.8) is 0 Å². The SMILES string of the molecule is Cc1cccc(NC(=O)Nc2cc(Br)ccn2)c1. The number of benzene rings is 1. The minimum absolute atomic E-state index is 0.314. The number of urea groups is 1. The van der Waals surface area contributed by atoms with Gasteiger partial charge in [-0.15, -0.1) is 0 Å². The molecule has 0 spiro atoms. The van der Waals surface area contributed by atoms with E-state index in [4.69, 9.17) is 0 Å². The third-order valence-corrected chi connectivity index (χ3v) is 2.73. The highest BCUT2D eigenvalue weighted by molar-refractivity contribution is 9.10. The fraction of sp³-hybridized carbons (Fsp3) is 0.0769. The fourth-order valence-corrected chi connectivity index (χ4v) is 1.81. The van der Waals surface area contributed by atoms with Crippen molar-refractivity contribution in [2.24, 2.45) is 0 Å². The second kappa shape index (κ2) is 5.64. The van der Waals surface area contributed by atoms with Gasteiger partial charge in [0.05, 0.1) is 0 Å². The number of pyridine rings is 1. The Morgan fingerprint density at radius 1 is 1.22 bits per heavy atom. The molecule has 18 heavy (non-hydrogen) atoms. The Bertz CT molecular complexity index is 522.